The minimum Gasteiger partial charge on any atom is -0.496 e. The minimum absolute atomic E-state index is 0.0413. The summed E-state index contributed by atoms with van der Waals surface area (Å²) in [6.07, 6.45) is 23.4. The van der Waals surface area contributed by atoms with Crippen molar-refractivity contribution >= 4 is 79.5 Å². The monoisotopic (exact) mass is 1820 g/mol. The van der Waals surface area contributed by atoms with E-state index >= 15 is 0 Å². The number of nitrogens with one attached hydrogen (secondary N) is 8. The third-order valence-corrected chi connectivity index (χ3v) is 21.8. The van der Waals surface area contributed by atoms with E-state index in [9.17, 15) is 42.9 Å². The number of rotatable bonds is 45. The maximum absolute atomic E-state index is 12.3. The van der Waals surface area contributed by atoms with Gasteiger partial charge < -0.3 is 93.9 Å². The molecule has 0 saturated carbocycles. The molecule has 9 aromatic heterocycles. The number of aromatic amines is 7. The van der Waals surface area contributed by atoms with Gasteiger partial charge in [-0.3, -0.25) is 52.8 Å². The van der Waals surface area contributed by atoms with Crippen LogP contribution in [-0.2, 0) is 98.5 Å². The molecule has 10 rings (SSSR count). The number of aromatic nitrogens is 10. The predicted octanol–water partition coefficient (Wildman–Crippen LogP) is 15.9. The Morgan fingerprint density at radius 2 is 0.961 bits per heavy atom. The summed E-state index contributed by atoms with van der Waals surface area (Å²) in [6.45, 7) is 47.7. The molecule has 34 heteroatoms. The van der Waals surface area contributed by atoms with Gasteiger partial charge in [0.1, 0.15) is 22.9 Å². The number of carboxylic acid groups (broad SMARTS) is 1. The van der Waals surface area contributed by atoms with Gasteiger partial charge in [-0.2, -0.15) is 4.98 Å². The average Bonchev–Trinajstić information content (AvgIpc) is 1.62. The Bertz CT molecular complexity index is 4320. The van der Waals surface area contributed by atoms with Crippen LogP contribution in [0.15, 0.2) is 122 Å². The Morgan fingerprint density at radius 1 is 0.539 bits per heavy atom. The first kappa shape index (κ1) is 115. The van der Waals surface area contributed by atoms with Crippen LogP contribution in [-0.4, -0.2) is 248 Å². The Morgan fingerprint density at radius 3 is 1.32 bits per heavy atom. The van der Waals surface area contributed by atoms with Crippen molar-refractivity contribution in [3.05, 3.63) is 201 Å². The summed E-state index contributed by atoms with van der Waals surface area (Å²) in [5.41, 5.74) is 17.6. The molecule has 0 radical (unpaired) electrons. The van der Waals surface area contributed by atoms with E-state index in [0.717, 1.165) is 174 Å². The van der Waals surface area contributed by atoms with Gasteiger partial charge in [-0.1, -0.05) is 67.0 Å². The number of aliphatic carboxylic acids is 1. The van der Waals surface area contributed by atoms with Gasteiger partial charge in [-0.05, 0) is 270 Å². The van der Waals surface area contributed by atoms with Crippen molar-refractivity contribution in [3.8, 4) is 5.75 Å². The molecule has 0 saturated heterocycles. The molecular formula is C94H149ClN17O15P. The van der Waals surface area contributed by atoms with Crippen LogP contribution in [0.25, 0.3) is 0 Å². The number of ether oxygens (including phenoxy) is 3. The molecule has 0 spiro atoms. The second-order valence-electron chi connectivity index (χ2n) is 28.5. The minimum atomic E-state index is -3.28. The van der Waals surface area contributed by atoms with Crippen molar-refractivity contribution in [2.75, 3.05) is 135 Å². The number of H-pyrrole nitrogens is 7. The molecule has 128 heavy (non-hydrogen) atoms. The first-order valence-corrected chi connectivity index (χ1v) is 46.8. The summed E-state index contributed by atoms with van der Waals surface area (Å²) in [6, 6.07) is 26.9. The Kier molecular flexibility index (Phi) is 64.4. The number of nitrogens with zero attached hydrogens (tertiary/aromatic N) is 8. The van der Waals surface area contributed by atoms with Crippen molar-refractivity contribution in [1.29, 1.82) is 0 Å². The van der Waals surface area contributed by atoms with E-state index in [1.54, 1.807) is 58.6 Å². The van der Waals surface area contributed by atoms with Crippen LogP contribution in [0.3, 0.4) is 0 Å². The number of nitrogens with two attached hydrogens (primary N) is 1. The lowest BCUT2D eigenvalue weighted by Crippen LogP contribution is -2.30. The third kappa shape index (κ3) is 50.3. The Labute approximate surface area is 764 Å². The van der Waals surface area contributed by atoms with Gasteiger partial charge in [0.2, 0.25) is 17.8 Å². The lowest BCUT2D eigenvalue weighted by Gasteiger charge is -2.19. The fraction of sp³-hybridized carbons (Fsp3) is 0.521. The first-order valence-electron chi connectivity index (χ1n) is 44.7. The summed E-state index contributed by atoms with van der Waals surface area (Å²) in [4.78, 5) is 131. The normalized spacial score (nSPS) is 10.9. The van der Waals surface area contributed by atoms with E-state index in [-0.39, 0.29) is 74.3 Å². The van der Waals surface area contributed by atoms with Gasteiger partial charge in [-0.15, -0.1) is 0 Å². The molecule has 9 aromatic rings. The predicted molar refractivity (Wildman–Crippen MR) is 510 cm³/mol. The maximum atomic E-state index is 12.3. The number of nitrogen functional groups attached to an aromatic ring is 1. The summed E-state index contributed by atoms with van der Waals surface area (Å²) in [5, 5.41) is 11.6. The summed E-state index contributed by atoms with van der Waals surface area (Å²) in [5.74, 6) is -0.0541. The van der Waals surface area contributed by atoms with Crippen LogP contribution in [0.2, 0.25) is 5.15 Å². The molecule has 0 aromatic carbocycles. The highest BCUT2D eigenvalue weighted by molar-refractivity contribution is 7.54. The molecule has 0 aliphatic carbocycles. The van der Waals surface area contributed by atoms with Gasteiger partial charge >= 0.3 is 25.5 Å². The van der Waals surface area contributed by atoms with Crippen molar-refractivity contribution in [3.63, 3.8) is 0 Å². The van der Waals surface area contributed by atoms with Gasteiger partial charge in [0.15, 0.2) is 18.9 Å². The fourth-order valence-electron chi connectivity index (χ4n) is 12.5. The molecule has 712 valence electrons. The topological polar surface area (TPSA) is 423 Å². The summed E-state index contributed by atoms with van der Waals surface area (Å²) < 4.78 is 36.4. The van der Waals surface area contributed by atoms with E-state index in [1.165, 1.54) is 43.1 Å². The molecule has 1 aliphatic rings. The molecule has 0 fully saturated rings. The quantitative estimate of drug-likeness (QED) is 0.00733. The molecule has 0 unspecified atom stereocenters. The van der Waals surface area contributed by atoms with E-state index in [0.29, 0.717) is 54.3 Å². The molecular weight excluding hydrogens is 1670 g/mol. The number of pyridine rings is 1. The number of carbonyl (C=O) groups is 8. The number of methoxy groups -OCH3 is 1. The smallest absolute Gasteiger partial charge is 0.341 e. The second-order valence-corrected chi connectivity index (χ2v) is 31.0. The number of carboxylic acids is 1. The first-order chi connectivity index (χ1) is 61.7. The molecule has 32 nitrogen and oxygen atoms in total. The number of hydrogen-bond donors (Lipinski definition) is 10. The number of halogens is 1. The SMILES string of the molecule is CCN(CC)C(=O)CCc1ccc[nH]1.CCN(CC)CCCc1ccc(C=O)[nH]1.CCN(CC)CCCc1ccc(C=O)[nH]1.CCN(CC)CCCc1ccc[nH]1.CCNCC.CCOC(=O)CCc1ccc[nH]1.CCOC(=O)CP(=O)(OCC)OCC.COc1c(C)cnc(CN2C(=O)Cc3c(Cl)nc(N)nc32)c1C.O=C(O)CCc1ccc[nH]1.O=Cc1ccc[nH]1. The highest BCUT2D eigenvalue weighted by atomic mass is 35.5. The van der Waals surface area contributed by atoms with Crippen molar-refractivity contribution < 1.29 is 71.3 Å². The summed E-state index contributed by atoms with van der Waals surface area (Å²) >= 11 is 6.06. The summed E-state index contributed by atoms with van der Waals surface area (Å²) in [7, 11) is -1.67. The van der Waals surface area contributed by atoms with Crippen LogP contribution in [0.4, 0.5) is 11.8 Å². The van der Waals surface area contributed by atoms with Crippen LogP contribution in [0.5, 0.6) is 5.75 Å². The highest BCUT2D eigenvalue weighted by Gasteiger charge is 2.33. The lowest BCUT2D eigenvalue weighted by atomic mass is 10.1. The maximum Gasteiger partial charge on any atom is 0.341 e. The molecule has 2 amide bonds. The molecule has 1 aliphatic heterocycles. The molecule has 0 bridgehead atoms. The fourth-order valence-corrected chi connectivity index (χ4v) is 14.2. The highest BCUT2D eigenvalue weighted by Crippen LogP contribution is 2.48. The number of amides is 2. The van der Waals surface area contributed by atoms with Gasteiger partial charge in [0, 0.05) is 108 Å². The standard InChI is InChI=1S/C15H16ClN5O2.2C12H20N2O.C11H18N2O.C11H20N2.C9H13NO2.C8H17O5P.C7H9NO2.C5H5NO.C4H11N/c1-7-5-18-10(8(2)12(7)23-3)6-21-11(22)4-9-13(16)19-15(17)20-14(9)21;2*1-3-14(4-2)9-5-6-11-7-8-12(10-15)13-11;1-3-13(4-2)11(14)8-7-10-6-5-9-12-10;1-3-13(4-2)10-6-8-11-7-5-9-12-11;1-2-12-9(11)6-5-8-4-3-7-10-8;1-4-11-8(9)7-14(10,12-5-2)13-6-3;9-7(10)4-3-6-2-1-5-8-6;7-4-5-2-1-3-6-5;1-3-5-4-2/h5H,4,6H2,1-3H3,(H2,17,19,20);2*7-8,10,13H,3-6,9H2,1-2H3;5-6,9,12H,3-4,7-8H2,1-2H3;5,7,9,12H,3-4,6,8,10H2,1-2H3;3-4,7,10H,2,5-6H2,1H3;4-7H2,1-3H3;1-2,5,8H,3-4H2,(H,9,10);1-4,6H;5H,3-4H2,1-2H3. The van der Waals surface area contributed by atoms with Crippen molar-refractivity contribution in [2.24, 2.45) is 0 Å². The number of aldehydes is 3. The number of fused-ring (bicyclic) bond motifs is 1. The zero-order valence-electron chi connectivity index (χ0n) is 79.0. The third-order valence-electron chi connectivity index (χ3n) is 19.5. The Hall–Kier alpha value is -10.6. The van der Waals surface area contributed by atoms with Crippen molar-refractivity contribution in [1.82, 2.24) is 74.8 Å². The van der Waals surface area contributed by atoms with E-state index < -0.39 is 19.5 Å². The van der Waals surface area contributed by atoms with E-state index in [4.69, 9.17) is 41.0 Å². The van der Waals surface area contributed by atoms with E-state index in [1.807, 2.05) is 119 Å². The average molecular weight is 1820 g/mol. The second kappa shape index (κ2) is 71.4. The zero-order chi connectivity index (χ0) is 95.3. The van der Waals surface area contributed by atoms with Crippen LogP contribution < -0.4 is 20.7 Å². The van der Waals surface area contributed by atoms with Crippen LogP contribution in [0.1, 0.15) is 223 Å². The largest absolute Gasteiger partial charge is 0.496 e. The van der Waals surface area contributed by atoms with Gasteiger partial charge in [-0.25, -0.2) is 4.98 Å². The molecule has 0 atom stereocenters. The molecule has 11 N–H and O–H groups in total. The van der Waals surface area contributed by atoms with Crippen LogP contribution in [0, 0.1) is 13.8 Å². The van der Waals surface area contributed by atoms with Crippen molar-refractivity contribution in [2.45, 2.75) is 201 Å². The number of carbonyl (C=O) groups excluding carboxylic acids is 7. The number of hydrogen-bond acceptors (Lipinski definition) is 22. The van der Waals surface area contributed by atoms with Gasteiger partial charge in [0.25, 0.3) is 0 Å². The number of esters is 2. The van der Waals surface area contributed by atoms with Gasteiger partial charge in [0.05, 0.1) is 82.1 Å². The van der Waals surface area contributed by atoms with Crippen LogP contribution >= 0.6 is 19.2 Å². The zero-order valence-corrected chi connectivity index (χ0v) is 80.7. The Balaban J connectivity index is 0.000000725. The van der Waals surface area contributed by atoms with E-state index in [2.05, 4.69) is 142 Å². The number of aryl methyl sites for hydroxylation is 7. The lowest BCUT2D eigenvalue weighted by molar-refractivity contribution is -0.143. The molecule has 10 heterocycles. The number of anilines is 2.